The third kappa shape index (κ3) is 4.43. The number of nitrogens with one attached hydrogen (secondary N) is 1. The molecule has 31 heavy (non-hydrogen) atoms. The second-order valence-corrected chi connectivity index (χ2v) is 6.57. The molecule has 8 nitrogen and oxygen atoms in total. The quantitative estimate of drug-likeness (QED) is 0.371. The van der Waals surface area contributed by atoms with Crippen LogP contribution >= 0.6 is 0 Å². The van der Waals surface area contributed by atoms with Crippen molar-refractivity contribution in [1.82, 2.24) is 0 Å². The van der Waals surface area contributed by atoms with Crippen LogP contribution in [0, 0.1) is 10.1 Å². The molecule has 0 saturated heterocycles. The molecule has 0 radical (unpaired) electrons. The number of rotatable bonds is 5. The normalized spacial score (nSPS) is 11.3. The lowest BCUT2D eigenvalue weighted by molar-refractivity contribution is -0.384. The number of non-ortho nitro benzene ring substituents is 1. The first kappa shape index (κ1) is 19.8. The summed E-state index contributed by atoms with van der Waals surface area (Å²) in [6, 6.07) is 21.6. The van der Waals surface area contributed by atoms with Gasteiger partial charge in [-0.15, -0.1) is 0 Å². The van der Waals surface area contributed by atoms with E-state index in [1.54, 1.807) is 55.6 Å². The summed E-state index contributed by atoms with van der Waals surface area (Å²) in [5.74, 6) is 0.222. The van der Waals surface area contributed by atoms with E-state index in [0.717, 1.165) is 0 Å². The lowest BCUT2D eigenvalue weighted by Crippen LogP contribution is -2.21. The number of nitrogens with zero attached hydrogens (tertiary/aromatic N) is 2. The standard InChI is InChI=1S/C23H17N3O5/c1-30-19-10-7-17(8-11-19)25-23-20(22(27)24-16-5-3-2-4-6-16)14-15-13-18(26(28)29)9-12-21(15)31-23/h2-14H,1H3,(H,24,27). The zero-order valence-corrected chi connectivity index (χ0v) is 16.4. The van der Waals surface area contributed by atoms with Crippen molar-refractivity contribution in [1.29, 1.82) is 0 Å². The molecule has 8 heteroatoms. The molecule has 3 aromatic carbocycles. The molecule has 0 bridgehead atoms. The first-order valence-electron chi connectivity index (χ1n) is 9.31. The summed E-state index contributed by atoms with van der Waals surface area (Å²) in [4.78, 5) is 28.1. The molecule has 4 rings (SSSR count). The first-order chi connectivity index (χ1) is 15.0. The Morgan fingerprint density at radius 3 is 2.45 bits per heavy atom. The third-order valence-corrected chi connectivity index (χ3v) is 4.52. The minimum absolute atomic E-state index is 0.0833. The number of methoxy groups -OCH3 is 1. The van der Waals surface area contributed by atoms with Gasteiger partial charge in [-0.3, -0.25) is 14.9 Å². The van der Waals surface area contributed by atoms with Crippen molar-refractivity contribution in [2.45, 2.75) is 0 Å². The van der Waals surface area contributed by atoms with Crippen molar-refractivity contribution in [3.8, 4) is 5.75 Å². The largest absolute Gasteiger partial charge is 0.497 e. The average molecular weight is 415 g/mol. The molecule has 154 valence electrons. The molecule has 0 aliphatic rings. The molecule has 0 atom stereocenters. The monoisotopic (exact) mass is 415 g/mol. The number of nitro benzene ring substituents is 1. The molecular formula is C23H17N3O5. The Hall–Kier alpha value is -4.46. The van der Waals surface area contributed by atoms with E-state index < -0.39 is 10.8 Å². The van der Waals surface area contributed by atoms with Gasteiger partial charge in [0, 0.05) is 23.2 Å². The SMILES string of the molecule is COc1ccc(N=c2oc3ccc([N+](=O)[O-])cc3cc2C(=O)Nc2ccccc2)cc1. The van der Waals surface area contributed by atoms with Gasteiger partial charge in [0.2, 0.25) is 5.55 Å². The first-order valence-corrected chi connectivity index (χ1v) is 9.31. The second kappa shape index (κ2) is 8.50. The highest BCUT2D eigenvalue weighted by Gasteiger charge is 2.15. The number of ether oxygens (including phenoxy) is 1. The van der Waals surface area contributed by atoms with Crippen LogP contribution in [-0.2, 0) is 0 Å². The fraction of sp³-hybridized carbons (Fsp3) is 0.0435. The maximum Gasteiger partial charge on any atom is 0.270 e. The Morgan fingerprint density at radius 1 is 1.03 bits per heavy atom. The summed E-state index contributed by atoms with van der Waals surface area (Å²) in [6.45, 7) is 0. The van der Waals surface area contributed by atoms with Gasteiger partial charge in [-0.2, -0.15) is 0 Å². The number of para-hydroxylation sites is 1. The van der Waals surface area contributed by atoms with Gasteiger partial charge in [-0.25, -0.2) is 4.99 Å². The predicted molar refractivity (Wildman–Crippen MR) is 115 cm³/mol. The van der Waals surface area contributed by atoms with Crippen LogP contribution in [0.1, 0.15) is 10.4 Å². The molecule has 4 aromatic rings. The molecule has 0 unspecified atom stereocenters. The summed E-state index contributed by atoms with van der Waals surface area (Å²) < 4.78 is 11.0. The van der Waals surface area contributed by atoms with Gasteiger partial charge >= 0.3 is 0 Å². The van der Waals surface area contributed by atoms with E-state index in [2.05, 4.69) is 10.3 Å². The highest BCUT2D eigenvalue weighted by atomic mass is 16.6. The van der Waals surface area contributed by atoms with Crippen LogP contribution in [0.15, 0.2) is 88.3 Å². The Balaban J connectivity index is 1.86. The Morgan fingerprint density at radius 2 is 1.77 bits per heavy atom. The van der Waals surface area contributed by atoms with Crippen LogP contribution in [0.3, 0.4) is 0 Å². The number of benzene rings is 3. The summed E-state index contributed by atoms with van der Waals surface area (Å²) >= 11 is 0. The van der Waals surface area contributed by atoms with Crippen molar-refractivity contribution >= 4 is 33.9 Å². The van der Waals surface area contributed by atoms with Crippen LogP contribution in [0.2, 0.25) is 0 Å². The van der Waals surface area contributed by atoms with E-state index in [-0.39, 0.29) is 16.8 Å². The molecule has 1 N–H and O–H groups in total. The van der Waals surface area contributed by atoms with Crippen molar-refractivity contribution in [3.63, 3.8) is 0 Å². The number of hydrogen-bond acceptors (Lipinski definition) is 6. The minimum Gasteiger partial charge on any atom is -0.497 e. The zero-order chi connectivity index (χ0) is 21.8. The van der Waals surface area contributed by atoms with E-state index >= 15 is 0 Å². The van der Waals surface area contributed by atoms with Gasteiger partial charge in [0.25, 0.3) is 11.6 Å². The number of amides is 1. The summed E-state index contributed by atoms with van der Waals surface area (Å²) in [7, 11) is 1.57. The topological polar surface area (TPSA) is 107 Å². The van der Waals surface area contributed by atoms with E-state index in [1.165, 1.54) is 24.3 Å². The molecule has 1 aromatic heterocycles. The maximum atomic E-state index is 13.0. The lowest BCUT2D eigenvalue weighted by Gasteiger charge is -2.07. The van der Waals surface area contributed by atoms with Gasteiger partial charge in [-0.05, 0) is 48.5 Å². The number of hydrogen-bond donors (Lipinski definition) is 1. The minimum atomic E-state index is -0.501. The molecule has 1 heterocycles. The predicted octanol–water partition coefficient (Wildman–Crippen LogP) is 4.83. The number of anilines is 1. The Bertz CT molecular complexity index is 1330. The van der Waals surface area contributed by atoms with Crippen molar-refractivity contribution < 1.29 is 18.9 Å². The van der Waals surface area contributed by atoms with Crippen LogP contribution < -0.4 is 15.6 Å². The fourth-order valence-electron chi connectivity index (χ4n) is 2.97. The van der Waals surface area contributed by atoms with Crippen molar-refractivity contribution in [2.24, 2.45) is 4.99 Å². The molecule has 0 fully saturated rings. The maximum absolute atomic E-state index is 13.0. The van der Waals surface area contributed by atoms with Crippen molar-refractivity contribution in [3.05, 3.63) is 100 Å². The molecule has 0 spiro atoms. The van der Waals surface area contributed by atoms with Gasteiger partial charge < -0.3 is 14.5 Å². The molecule has 0 aliphatic carbocycles. The number of carbonyl (C=O) groups excluding carboxylic acids is 1. The smallest absolute Gasteiger partial charge is 0.270 e. The fourth-order valence-corrected chi connectivity index (χ4v) is 2.97. The van der Waals surface area contributed by atoms with Gasteiger partial charge in [0.05, 0.1) is 17.7 Å². The highest BCUT2D eigenvalue weighted by molar-refractivity contribution is 6.05. The average Bonchev–Trinajstić information content (AvgIpc) is 2.79. The van der Waals surface area contributed by atoms with Gasteiger partial charge in [0.15, 0.2) is 0 Å². The van der Waals surface area contributed by atoms with Crippen molar-refractivity contribution in [2.75, 3.05) is 12.4 Å². The number of carbonyl (C=O) groups is 1. The highest BCUT2D eigenvalue weighted by Crippen LogP contribution is 2.22. The van der Waals surface area contributed by atoms with Gasteiger partial charge in [0.1, 0.15) is 16.9 Å². The van der Waals surface area contributed by atoms with E-state index in [1.807, 2.05) is 6.07 Å². The van der Waals surface area contributed by atoms with E-state index in [4.69, 9.17) is 9.15 Å². The Labute approximate surface area is 176 Å². The lowest BCUT2D eigenvalue weighted by atomic mass is 10.1. The molecule has 0 aliphatic heterocycles. The number of nitro groups is 1. The summed E-state index contributed by atoms with van der Waals surface area (Å²) in [5.41, 5.74) is 1.65. The van der Waals surface area contributed by atoms with Crippen LogP contribution in [0.4, 0.5) is 17.1 Å². The molecule has 1 amide bonds. The van der Waals surface area contributed by atoms with Crippen LogP contribution in [0.5, 0.6) is 5.75 Å². The van der Waals surface area contributed by atoms with E-state index in [9.17, 15) is 14.9 Å². The molecule has 0 saturated carbocycles. The third-order valence-electron chi connectivity index (χ3n) is 4.52. The Kier molecular flexibility index (Phi) is 5.44. The summed E-state index contributed by atoms with van der Waals surface area (Å²) in [5, 5.41) is 14.3. The number of fused-ring (bicyclic) bond motifs is 1. The summed E-state index contributed by atoms with van der Waals surface area (Å²) in [6.07, 6.45) is 0. The molecular weight excluding hydrogens is 398 g/mol. The second-order valence-electron chi connectivity index (χ2n) is 6.57. The van der Waals surface area contributed by atoms with Crippen LogP contribution in [0.25, 0.3) is 11.0 Å². The van der Waals surface area contributed by atoms with Gasteiger partial charge in [-0.1, -0.05) is 18.2 Å². The van der Waals surface area contributed by atoms with E-state index in [0.29, 0.717) is 28.1 Å². The van der Waals surface area contributed by atoms with Crippen LogP contribution in [-0.4, -0.2) is 17.9 Å². The zero-order valence-electron chi connectivity index (χ0n) is 16.4.